The van der Waals surface area contributed by atoms with Crippen molar-refractivity contribution in [2.45, 2.75) is 12.8 Å². The van der Waals surface area contributed by atoms with E-state index < -0.39 is 0 Å². The third-order valence-corrected chi connectivity index (χ3v) is 1.05. The van der Waals surface area contributed by atoms with Gasteiger partial charge in [-0.2, -0.15) is 0 Å². The molecule has 71 valence electrons. The fraction of sp³-hybridized carbons (Fsp3) is 0.667. The second-order valence-electron chi connectivity index (χ2n) is 1.91. The summed E-state index contributed by atoms with van der Waals surface area (Å²) in [6.07, 6.45) is 0.928. The molecular formula is C6H17N4OSn. The average Bonchev–Trinajstić information content (AvgIpc) is 2.04. The fourth-order valence-electron chi connectivity index (χ4n) is 0.511. The van der Waals surface area contributed by atoms with Gasteiger partial charge in [0.2, 0.25) is 5.91 Å². The fourth-order valence-corrected chi connectivity index (χ4v) is 0.511. The molecular weight excluding hydrogens is 263 g/mol. The van der Waals surface area contributed by atoms with E-state index in [1.54, 1.807) is 0 Å². The van der Waals surface area contributed by atoms with Crippen LogP contribution >= 0.6 is 0 Å². The third kappa shape index (κ3) is 9.58. The van der Waals surface area contributed by atoms with Gasteiger partial charge in [0, 0.05) is 52.6 Å². The van der Waals surface area contributed by atoms with E-state index in [1.807, 2.05) is 0 Å². The van der Waals surface area contributed by atoms with Crippen LogP contribution in [0.3, 0.4) is 0 Å². The first kappa shape index (κ1) is 14.1. The molecule has 0 fully saturated rings. The quantitative estimate of drug-likeness (QED) is 0.267. The van der Waals surface area contributed by atoms with Gasteiger partial charge < -0.3 is 5.32 Å². The summed E-state index contributed by atoms with van der Waals surface area (Å²) in [7, 11) is 0. The van der Waals surface area contributed by atoms with Crippen LogP contribution in [-0.2, 0) is 4.79 Å². The van der Waals surface area contributed by atoms with Crippen LogP contribution in [0.25, 0.3) is 10.4 Å². The first-order chi connectivity index (χ1) is 5.31. The van der Waals surface area contributed by atoms with Crippen molar-refractivity contribution >= 4 is 29.8 Å². The minimum Gasteiger partial charge on any atom is -0.356 e. The van der Waals surface area contributed by atoms with E-state index >= 15 is 0 Å². The Labute approximate surface area is 92.9 Å². The smallest absolute Gasteiger partial charge is 0.219 e. The van der Waals surface area contributed by atoms with E-state index in [1.165, 1.54) is 0 Å². The van der Waals surface area contributed by atoms with Crippen molar-refractivity contribution in [3.05, 3.63) is 17.4 Å². The van der Waals surface area contributed by atoms with Gasteiger partial charge in [-0.15, -0.1) is 0 Å². The molecule has 0 rings (SSSR count). The van der Waals surface area contributed by atoms with E-state index in [2.05, 4.69) is 22.3 Å². The van der Waals surface area contributed by atoms with Crippen LogP contribution in [-0.4, -0.2) is 42.9 Å². The Bertz CT molecular complexity index is 178. The van der Waals surface area contributed by atoms with Crippen LogP contribution in [0.2, 0.25) is 0 Å². The number of carbonyl (C=O) groups excluding carboxylic acids is 1. The molecule has 1 amide bonds. The van der Waals surface area contributed by atoms with Gasteiger partial charge in [0.05, 0.1) is 0 Å². The van der Waals surface area contributed by atoms with Crippen molar-refractivity contribution < 1.29 is 9.07 Å². The van der Waals surface area contributed by atoms with Crippen LogP contribution in [0, 0.1) is 6.92 Å². The number of amides is 1. The van der Waals surface area contributed by atoms with Gasteiger partial charge in [-0.3, -0.25) is 4.79 Å². The van der Waals surface area contributed by atoms with Gasteiger partial charge >= 0.3 is 0 Å². The number of azide groups is 1. The molecule has 5 radical (unpaired) electrons. The summed E-state index contributed by atoms with van der Waals surface area (Å²) in [6, 6.07) is 0. The molecule has 5 nitrogen and oxygen atoms in total. The minimum atomic E-state index is -0.0778. The summed E-state index contributed by atoms with van der Waals surface area (Å²) < 4.78 is 0. The Hall–Kier alpha value is -0.421. The SMILES string of the molecule is [CH2]CC(=O)NCCCN=[N+]=[N-].[HH].[HH].[HH].[Sn]. The molecule has 0 spiro atoms. The van der Waals surface area contributed by atoms with Crippen molar-refractivity contribution in [1.82, 2.24) is 5.32 Å². The van der Waals surface area contributed by atoms with Crippen molar-refractivity contribution in [2.75, 3.05) is 13.1 Å². The number of carbonyl (C=O) groups is 1. The summed E-state index contributed by atoms with van der Waals surface area (Å²) >= 11 is 0. The van der Waals surface area contributed by atoms with Crippen LogP contribution < -0.4 is 5.32 Å². The molecule has 0 aromatic rings. The number of hydrogen-bond donors (Lipinski definition) is 1. The normalized spacial score (nSPS) is 7.75. The Balaban J connectivity index is -0.0000000833. The summed E-state index contributed by atoms with van der Waals surface area (Å²) in [6.45, 7) is 4.38. The Morgan fingerprint density at radius 1 is 1.75 bits per heavy atom. The molecule has 0 aromatic carbocycles. The molecule has 0 aliphatic rings. The van der Waals surface area contributed by atoms with E-state index in [0.29, 0.717) is 19.5 Å². The Morgan fingerprint density at radius 2 is 2.42 bits per heavy atom. The van der Waals surface area contributed by atoms with Crippen molar-refractivity contribution in [1.29, 1.82) is 0 Å². The molecule has 1 N–H and O–H groups in total. The average molecular weight is 280 g/mol. The monoisotopic (exact) mass is 281 g/mol. The molecule has 0 aliphatic heterocycles. The third-order valence-electron chi connectivity index (χ3n) is 1.05. The molecule has 0 unspecified atom stereocenters. The zero-order valence-corrected chi connectivity index (χ0v) is 9.64. The summed E-state index contributed by atoms with van der Waals surface area (Å²) in [4.78, 5) is 13.1. The van der Waals surface area contributed by atoms with E-state index in [0.717, 1.165) is 0 Å². The van der Waals surface area contributed by atoms with Crippen molar-refractivity contribution in [3.63, 3.8) is 0 Å². The summed E-state index contributed by atoms with van der Waals surface area (Å²) in [5.74, 6) is -0.0778. The molecule has 0 saturated heterocycles. The summed E-state index contributed by atoms with van der Waals surface area (Å²) in [5.41, 5.74) is 7.88. The first-order valence-electron chi connectivity index (χ1n) is 3.38. The van der Waals surface area contributed by atoms with Crippen LogP contribution in [0.15, 0.2) is 5.11 Å². The second-order valence-corrected chi connectivity index (χ2v) is 1.91. The van der Waals surface area contributed by atoms with Gasteiger partial charge in [-0.1, -0.05) is 5.11 Å². The standard InChI is InChI=1S/C6H11N4O.Sn.3H2/c1-2-6(11)8-4-3-5-9-10-7;;;;/h1-5H2,(H,8,11);;3*1H. The predicted molar refractivity (Wildman–Crippen MR) is 53.7 cm³/mol. The molecule has 0 heterocycles. The van der Waals surface area contributed by atoms with E-state index in [4.69, 9.17) is 5.53 Å². The zero-order valence-electron chi connectivity index (χ0n) is 6.79. The first-order valence-corrected chi connectivity index (χ1v) is 3.38. The van der Waals surface area contributed by atoms with Crippen LogP contribution in [0.1, 0.15) is 17.1 Å². The Morgan fingerprint density at radius 3 is 2.92 bits per heavy atom. The van der Waals surface area contributed by atoms with E-state index in [9.17, 15) is 4.79 Å². The van der Waals surface area contributed by atoms with Gasteiger partial charge in [0.25, 0.3) is 0 Å². The van der Waals surface area contributed by atoms with Gasteiger partial charge in [-0.05, 0) is 18.9 Å². The molecule has 0 atom stereocenters. The Kier molecular flexibility index (Phi) is 12.4. The maximum atomic E-state index is 10.6. The topological polar surface area (TPSA) is 77.9 Å². The molecule has 0 bridgehead atoms. The number of rotatable bonds is 5. The number of nitrogens with zero attached hydrogens (tertiary/aromatic N) is 3. The molecule has 0 aliphatic carbocycles. The van der Waals surface area contributed by atoms with Crippen molar-refractivity contribution in [3.8, 4) is 0 Å². The largest absolute Gasteiger partial charge is 0.356 e. The minimum absolute atomic E-state index is 0. The van der Waals surface area contributed by atoms with Crippen molar-refractivity contribution in [2.24, 2.45) is 5.11 Å². The molecule has 12 heavy (non-hydrogen) atoms. The maximum Gasteiger partial charge on any atom is 0.219 e. The maximum absolute atomic E-state index is 10.6. The molecule has 0 saturated carbocycles. The van der Waals surface area contributed by atoms with Crippen LogP contribution in [0.4, 0.5) is 0 Å². The van der Waals surface area contributed by atoms with Gasteiger partial charge in [-0.25, -0.2) is 0 Å². The van der Waals surface area contributed by atoms with Gasteiger partial charge in [0.15, 0.2) is 0 Å². The predicted octanol–water partition coefficient (Wildman–Crippen LogP) is 1.38. The number of hydrogen-bond acceptors (Lipinski definition) is 2. The summed E-state index contributed by atoms with van der Waals surface area (Å²) in [5, 5.41) is 5.91. The van der Waals surface area contributed by atoms with E-state index in [-0.39, 0.29) is 40.5 Å². The molecule has 0 aromatic heterocycles. The molecule has 6 heteroatoms. The zero-order chi connectivity index (χ0) is 8.53. The van der Waals surface area contributed by atoms with Crippen LogP contribution in [0.5, 0.6) is 0 Å². The number of nitrogens with one attached hydrogen (secondary N) is 1. The second kappa shape index (κ2) is 10.6. The van der Waals surface area contributed by atoms with Gasteiger partial charge in [0.1, 0.15) is 0 Å².